The summed E-state index contributed by atoms with van der Waals surface area (Å²) in [5.41, 5.74) is -0.327. The molecule has 0 spiro atoms. The number of amides is 1. The molecular weight excluding hydrogens is 170 g/mol. The number of hydrogen-bond donors (Lipinski definition) is 1. The van der Waals surface area contributed by atoms with Crippen LogP contribution in [0.15, 0.2) is 0 Å². The molecule has 0 radical (unpaired) electrons. The zero-order valence-electron chi connectivity index (χ0n) is 8.25. The molecule has 1 N–H and O–H groups in total. The third-order valence-corrected chi connectivity index (χ3v) is 2.19. The summed E-state index contributed by atoms with van der Waals surface area (Å²) in [6, 6.07) is 0. The van der Waals surface area contributed by atoms with Crippen molar-refractivity contribution in [2.45, 2.75) is 32.3 Å². The highest BCUT2D eigenvalue weighted by atomic mass is 16.6. The first kappa shape index (κ1) is 10.3. The molecule has 0 bridgehead atoms. The second kappa shape index (κ2) is 3.96. The van der Waals surface area contributed by atoms with Gasteiger partial charge in [-0.2, -0.15) is 0 Å². The molecule has 1 fully saturated rings. The lowest BCUT2D eigenvalue weighted by molar-refractivity contribution is -0.0261. The average Bonchev–Trinajstić information content (AvgIpc) is 2.02. The van der Waals surface area contributed by atoms with Gasteiger partial charge in [0.1, 0.15) is 5.60 Å². The van der Waals surface area contributed by atoms with Crippen molar-refractivity contribution in [2.75, 3.05) is 19.7 Å². The Balaban J connectivity index is 2.40. The van der Waals surface area contributed by atoms with Crippen molar-refractivity contribution >= 4 is 6.09 Å². The first-order valence-corrected chi connectivity index (χ1v) is 4.64. The van der Waals surface area contributed by atoms with E-state index >= 15 is 0 Å². The van der Waals surface area contributed by atoms with Crippen molar-refractivity contribution < 1.29 is 14.6 Å². The average molecular weight is 187 g/mol. The van der Waals surface area contributed by atoms with E-state index < -0.39 is 0 Å². The Morgan fingerprint density at radius 2 is 2.31 bits per heavy atom. The highest BCUT2D eigenvalue weighted by Crippen LogP contribution is 2.21. The summed E-state index contributed by atoms with van der Waals surface area (Å²) in [5, 5.41) is 8.61. The van der Waals surface area contributed by atoms with Gasteiger partial charge in [-0.3, -0.25) is 0 Å². The Morgan fingerprint density at radius 1 is 1.62 bits per heavy atom. The Labute approximate surface area is 78.5 Å². The second-order valence-corrected chi connectivity index (χ2v) is 3.94. The number of rotatable bonds is 3. The molecule has 1 heterocycles. The minimum Gasteiger partial charge on any atom is -0.443 e. The Morgan fingerprint density at radius 3 is 2.85 bits per heavy atom. The zero-order chi connectivity index (χ0) is 9.90. The molecule has 0 saturated carbocycles. The fourth-order valence-corrected chi connectivity index (χ4v) is 1.31. The lowest BCUT2D eigenvalue weighted by Gasteiger charge is -2.36. The fraction of sp³-hybridized carbons (Fsp3) is 0.889. The molecule has 0 unspecified atom stereocenters. The molecule has 0 aromatic rings. The number of hydrogen-bond acceptors (Lipinski definition) is 3. The summed E-state index contributed by atoms with van der Waals surface area (Å²) < 4.78 is 5.19. The number of cyclic esters (lactones) is 1. The maximum absolute atomic E-state index is 11.3. The topological polar surface area (TPSA) is 49.8 Å². The highest BCUT2D eigenvalue weighted by Gasteiger charge is 2.32. The number of aliphatic hydroxyl groups is 1. The van der Waals surface area contributed by atoms with Crippen LogP contribution in [0.1, 0.15) is 26.7 Å². The standard InChI is InChI=1S/C9H17NO3/c1-9(2)4-6-10(5-3-7-11)8(12)13-9/h11H,3-7H2,1-2H3. The molecule has 0 aromatic carbocycles. The first-order valence-electron chi connectivity index (χ1n) is 4.64. The Hall–Kier alpha value is -0.770. The summed E-state index contributed by atoms with van der Waals surface area (Å²) in [5.74, 6) is 0. The van der Waals surface area contributed by atoms with Crippen molar-refractivity contribution in [1.82, 2.24) is 4.90 Å². The Kier molecular flexibility index (Phi) is 3.14. The molecule has 13 heavy (non-hydrogen) atoms. The van der Waals surface area contributed by atoms with E-state index in [1.807, 2.05) is 13.8 Å². The van der Waals surface area contributed by atoms with Crippen LogP contribution in [0, 0.1) is 0 Å². The smallest absolute Gasteiger partial charge is 0.410 e. The van der Waals surface area contributed by atoms with Gasteiger partial charge < -0.3 is 14.7 Å². The van der Waals surface area contributed by atoms with Gasteiger partial charge in [-0.1, -0.05) is 0 Å². The minimum absolute atomic E-state index is 0.118. The predicted molar refractivity (Wildman–Crippen MR) is 48.5 cm³/mol. The first-order chi connectivity index (χ1) is 6.05. The van der Waals surface area contributed by atoms with E-state index in [-0.39, 0.29) is 18.3 Å². The van der Waals surface area contributed by atoms with Gasteiger partial charge in [-0.25, -0.2) is 4.79 Å². The Bertz CT molecular complexity index is 191. The van der Waals surface area contributed by atoms with E-state index in [0.29, 0.717) is 13.0 Å². The quantitative estimate of drug-likeness (QED) is 0.716. The van der Waals surface area contributed by atoms with Gasteiger partial charge in [-0.15, -0.1) is 0 Å². The van der Waals surface area contributed by atoms with Crippen LogP contribution in [-0.2, 0) is 4.74 Å². The molecule has 1 aliphatic heterocycles. The second-order valence-electron chi connectivity index (χ2n) is 3.94. The highest BCUT2D eigenvalue weighted by molar-refractivity contribution is 5.68. The number of aliphatic hydroxyl groups excluding tert-OH is 1. The van der Waals surface area contributed by atoms with Crippen LogP contribution in [0.4, 0.5) is 4.79 Å². The van der Waals surface area contributed by atoms with Crippen molar-refractivity contribution in [3.8, 4) is 0 Å². The van der Waals surface area contributed by atoms with Gasteiger partial charge in [0.25, 0.3) is 0 Å². The number of nitrogens with zero attached hydrogens (tertiary/aromatic N) is 1. The third kappa shape index (κ3) is 2.88. The van der Waals surface area contributed by atoms with E-state index in [2.05, 4.69) is 0 Å². The molecule has 1 aliphatic rings. The lowest BCUT2D eigenvalue weighted by Crippen LogP contribution is -2.46. The normalized spacial score (nSPS) is 21.5. The van der Waals surface area contributed by atoms with Gasteiger partial charge in [0.15, 0.2) is 0 Å². The lowest BCUT2D eigenvalue weighted by atomic mass is 10.0. The van der Waals surface area contributed by atoms with Gasteiger partial charge in [-0.05, 0) is 20.3 Å². The summed E-state index contributed by atoms with van der Waals surface area (Å²) >= 11 is 0. The van der Waals surface area contributed by atoms with Crippen LogP contribution in [0.25, 0.3) is 0 Å². The molecule has 0 aromatic heterocycles. The largest absolute Gasteiger partial charge is 0.443 e. The minimum atomic E-state index is -0.327. The van der Waals surface area contributed by atoms with E-state index in [9.17, 15) is 4.79 Å². The summed E-state index contributed by atoms with van der Waals surface area (Å²) in [6.07, 6.45) is 1.21. The van der Waals surface area contributed by atoms with Crippen LogP contribution in [-0.4, -0.2) is 41.4 Å². The molecule has 1 saturated heterocycles. The van der Waals surface area contributed by atoms with E-state index in [4.69, 9.17) is 9.84 Å². The number of carbonyl (C=O) groups is 1. The van der Waals surface area contributed by atoms with E-state index in [0.717, 1.165) is 13.0 Å². The van der Waals surface area contributed by atoms with Gasteiger partial charge >= 0.3 is 6.09 Å². The molecule has 4 heteroatoms. The molecule has 76 valence electrons. The van der Waals surface area contributed by atoms with Gasteiger partial charge in [0, 0.05) is 26.1 Å². The number of carbonyl (C=O) groups excluding carboxylic acids is 1. The van der Waals surface area contributed by atoms with Crippen molar-refractivity contribution in [3.05, 3.63) is 0 Å². The molecule has 1 amide bonds. The summed E-state index contributed by atoms with van der Waals surface area (Å²) in [6.45, 7) is 5.26. The van der Waals surface area contributed by atoms with Crippen LogP contribution >= 0.6 is 0 Å². The third-order valence-electron chi connectivity index (χ3n) is 2.19. The predicted octanol–water partition coefficient (Wildman–Crippen LogP) is 0.990. The summed E-state index contributed by atoms with van der Waals surface area (Å²) in [4.78, 5) is 13.0. The SMILES string of the molecule is CC1(C)CCN(CCCO)C(=O)O1. The summed E-state index contributed by atoms with van der Waals surface area (Å²) in [7, 11) is 0. The van der Waals surface area contributed by atoms with Crippen LogP contribution < -0.4 is 0 Å². The maximum Gasteiger partial charge on any atom is 0.410 e. The van der Waals surface area contributed by atoms with Crippen LogP contribution in [0.2, 0.25) is 0 Å². The van der Waals surface area contributed by atoms with E-state index in [1.165, 1.54) is 0 Å². The molecule has 1 rings (SSSR count). The van der Waals surface area contributed by atoms with Crippen molar-refractivity contribution in [1.29, 1.82) is 0 Å². The van der Waals surface area contributed by atoms with Gasteiger partial charge in [0.05, 0.1) is 0 Å². The zero-order valence-corrected chi connectivity index (χ0v) is 8.25. The van der Waals surface area contributed by atoms with Gasteiger partial charge in [0.2, 0.25) is 0 Å². The molecular formula is C9H17NO3. The maximum atomic E-state index is 11.3. The van der Waals surface area contributed by atoms with Crippen molar-refractivity contribution in [3.63, 3.8) is 0 Å². The van der Waals surface area contributed by atoms with Crippen LogP contribution in [0.5, 0.6) is 0 Å². The molecule has 4 nitrogen and oxygen atoms in total. The molecule has 0 atom stereocenters. The van der Waals surface area contributed by atoms with E-state index in [1.54, 1.807) is 4.90 Å². The van der Waals surface area contributed by atoms with Crippen molar-refractivity contribution in [2.24, 2.45) is 0 Å². The number of ether oxygens (including phenoxy) is 1. The fourth-order valence-electron chi connectivity index (χ4n) is 1.31. The monoisotopic (exact) mass is 187 g/mol. The van der Waals surface area contributed by atoms with Crippen LogP contribution in [0.3, 0.4) is 0 Å². The molecule has 0 aliphatic carbocycles.